The molecule has 0 amide bonds. The lowest BCUT2D eigenvalue weighted by atomic mass is 9.98. The van der Waals surface area contributed by atoms with Gasteiger partial charge in [0.2, 0.25) is 0 Å². The number of carbonyl (C=O) groups excluding carboxylic acids is 1. The molecule has 6 nitrogen and oxygen atoms in total. The summed E-state index contributed by atoms with van der Waals surface area (Å²) < 4.78 is 0. The van der Waals surface area contributed by atoms with Gasteiger partial charge in [0.15, 0.2) is 5.78 Å². The van der Waals surface area contributed by atoms with Crippen LogP contribution in [0.15, 0.2) is 71.5 Å². The van der Waals surface area contributed by atoms with Crippen molar-refractivity contribution in [3.05, 3.63) is 87.6 Å². The molecule has 6 heteroatoms. The van der Waals surface area contributed by atoms with E-state index in [1.807, 2.05) is 43.3 Å². The van der Waals surface area contributed by atoms with Gasteiger partial charge in [-0.05, 0) is 25.0 Å². The first-order valence-corrected chi connectivity index (χ1v) is 8.31. The molecule has 132 valence electrons. The van der Waals surface area contributed by atoms with Crippen molar-refractivity contribution >= 4 is 17.2 Å². The summed E-state index contributed by atoms with van der Waals surface area (Å²) in [4.78, 5) is 22.2. The number of allylic oxidation sites excluding steroid dienone is 2. The molecule has 0 bridgehead atoms. The Labute approximate surface area is 151 Å². The van der Waals surface area contributed by atoms with Gasteiger partial charge in [0.05, 0.1) is 16.7 Å². The quantitative estimate of drug-likeness (QED) is 0.460. The molecular formula is C20H19N3O3. The van der Waals surface area contributed by atoms with Gasteiger partial charge in [-0.3, -0.25) is 19.9 Å². The molecule has 0 saturated carbocycles. The molecule has 0 unspecified atom stereocenters. The Morgan fingerprint density at radius 1 is 1.19 bits per heavy atom. The van der Waals surface area contributed by atoms with Crippen LogP contribution < -0.4 is 0 Å². The van der Waals surface area contributed by atoms with Crippen LogP contribution in [-0.2, 0) is 4.79 Å². The van der Waals surface area contributed by atoms with Crippen LogP contribution in [0.3, 0.4) is 0 Å². The number of hydrogen-bond acceptors (Lipinski definition) is 5. The molecular weight excluding hydrogens is 330 g/mol. The second-order valence-electron chi connectivity index (χ2n) is 6.23. The average molecular weight is 349 g/mol. The van der Waals surface area contributed by atoms with Gasteiger partial charge in [0, 0.05) is 30.3 Å². The molecule has 1 atom stereocenters. The van der Waals surface area contributed by atoms with E-state index in [-0.39, 0.29) is 17.5 Å². The fraction of sp³-hybridized carbons (Fsp3) is 0.200. The fourth-order valence-electron chi connectivity index (χ4n) is 3.11. The summed E-state index contributed by atoms with van der Waals surface area (Å²) in [5.74, 6) is -0.0661. The van der Waals surface area contributed by atoms with Crippen molar-refractivity contribution < 1.29 is 9.72 Å². The Bertz CT molecular complexity index is 904. The number of ketones is 1. The number of non-ortho nitro benzene ring substituents is 1. The van der Waals surface area contributed by atoms with Gasteiger partial charge in [0.25, 0.3) is 5.69 Å². The van der Waals surface area contributed by atoms with Gasteiger partial charge in [0.1, 0.15) is 0 Å². The third kappa shape index (κ3) is 3.69. The maximum absolute atomic E-state index is 11.5. The Morgan fingerprint density at radius 2 is 1.92 bits per heavy atom. The third-order valence-electron chi connectivity index (χ3n) is 4.26. The van der Waals surface area contributed by atoms with Crippen molar-refractivity contribution in [1.82, 2.24) is 5.01 Å². The summed E-state index contributed by atoms with van der Waals surface area (Å²) in [6.45, 7) is 3.31. The van der Waals surface area contributed by atoms with Gasteiger partial charge < -0.3 is 0 Å². The molecule has 0 aliphatic carbocycles. The lowest BCUT2D eigenvalue weighted by Gasteiger charge is -2.24. The average Bonchev–Trinajstić information content (AvgIpc) is 3.07. The van der Waals surface area contributed by atoms with Gasteiger partial charge in [-0.15, -0.1) is 0 Å². The van der Waals surface area contributed by atoms with Crippen LogP contribution in [0.4, 0.5) is 5.69 Å². The molecule has 1 heterocycles. The van der Waals surface area contributed by atoms with E-state index in [9.17, 15) is 14.9 Å². The minimum atomic E-state index is -0.403. The van der Waals surface area contributed by atoms with Gasteiger partial charge in [-0.2, -0.15) is 5.10 Å². The Morgan fingerprint density at radius 3 is 2.58 bits per heavy atom. The first-order valence-electron chi connectivity index (χ1n) is 8.31. The first-order chi connectivity index (χ1) is 12.5. The van der Waals surface area contributed by atoms with E-state index in [2.05, 4.69) is 0 Å². The predicted molar refractivity (Wildman–Crippen MR) is 99.7 cm³/mol. The van der Waals surface area contributed by atoms with Crippen molar-refractivity contribution in [2.24, 2.45) is 5.10 Å². The van der Waals surface area contributed by atoms with E-state index in [4.69, 9.17) is 5.10 Å². The second-order valence-corrected chi connectivity index (χ2v) is 6.23. The summed E-state index contributed by atoms with van der Waals surface area (Å²) in [6, 6.07) is 16.2. The van der Waals surface area contributed by atoms with E-state index in [0.29, 0.717) is 12.1 Å². The normalized spacial score (nSPS) is 17.2. The number of nitro groups is 1. The van der Waals surface area contributed by atoms with Crippen LogP contribution >= 0.6 is 0 Å². The van der Waals surface area contributed by atoms with Crippen molar-refractivity contribution in [3.8, 4) is 0 Å². The van der Waals surface area contributed by atoms with Crippen LogP contribution in [0.1, 0.15) is 37.4 Å². The van der Waals surface area contributed by atoms with Crippen molar-refractivity contribution in [2.45, 2.75) is 26.3 Å². The molecule has 26 heavy (non-hydrogen) atoms. The van der Waals surface area contributed by atoms with Gasteiger partial charge in [-0.1, -0.05) is 42.5 Å². The monoisotopic (exact) mass is 349 g/mol. The lowest BCUT2D eigenvalue weighted by molar-refractivity contribution is -0.384. The summed E-state index contributed by atoms with van der Waals surface area (Å²) in [5, 5.41) is 17.6. The molecule has 1 aliphatic heterocycles. The van der Waals surface area contributed by atoms with E-state index in [0.717, 1.165) is 16.8 Å². The smallest absolute Gasteiger partial charge is 0.269 e. The highest BCUT2D eigenvalue weighted by atomic mass is 16.6. The van der Waals surface area contributed by atoms with Crippen molar-refractivity contribution in [1.29, 1.82) is 0 Å². The lowest BCUT2D eigenvalue weighted by Crippen LogP contribution is -2.18. The Balaban J connectivity index is 2.02. The second kappa shape index (κ2) is 7.31. The number of benzene rings is 2. The molecule has 0 N–H and O–H groups in total. The highest BCUT2D eigenvalue weighted by Crippen LogP contribution is 2.36. The van der Waals surface area contributed by atoms with Crippen molar-refractivity contribution in [2.75, 3.05) is 0 Å². The van der Waals surface area contributed by atoms with E-state index in [1.54, 1.807) is 17.1 Å². The molecule has 1 aliphatic rings. The van der Waals surface area contributed by atoms with Crippen molar-refractivity contribution in [3.63, 3.8) is 0 Å². The number of nitrogens with zero attached hydrogens (tertiary/aromatic N) is 3. The zero-order valence-corrected chi connectivity index (χ0v) is 14.6. The minimum absolute atomic E-state index is 0.0452. The van der Waals surface area contributed by atoms with Crippen LogP contribution in [-0.4, -0.2) is 21.4 Å². The molecule has 2 aromatic carbocycles. The number of hydrazone groups is 1. The van der Waals surface area contributed by atoms with Crippen LogP contribution in [0.5, 0.6) is 0 Å². The highest BCUT2D eigenvalue weighted by Gasteiger charge is 2.30. The van der Waals surface area contributed by atoms with Gasteiger partial charge >= 0.3 is 0 Å². The fourth-order valence-corrected chi connectivity index (χ4v) is 3.11. The standard InChI is InChI=1S/C20H19N3O3/c1-14(11-15(2)24)22-20(17-9-6-10-18(12-17)23(25)26)13-19(21-22)16-7-4-3-5-8-16/h3-12,20H,13H2,1-2H3/b14-11+/t20-/m1/s1. The van der Waals surface area contributed by atoms with Crippen LogP contribution in [0, 0.1) is 10.1 Å². The summed E-state index contributed by atoms with van der Waals surface area (Å²) >= 11 is 0. The van der Waals surface area contributed by atoms with Crippen LogP contribution in [0.2, 0.25) is 0 Å². The number of rotatable bonds is 5. The number of hydrogen-bond donors (Lipinski definition) is 0. The molecule has 2 aromatic rings. The third-order valence-corrected chi connectivity index (χ3v) is 4.26. The highest BCUT2D eigenvalue weighted by molar-refractivity contribution is 6.02. The molecule has 0 spiro atoms. The summed E-state index contributed by atoms with van der Waals surface area (Å²) in [5.41, 5.74) is 3.44. The largest absolute Gasteiger partial charge is 0.295 e. The molecule has 0 fully saturated rings. The molecule has 0 radical (unpaired) electrons. The summed E-state index contributed by atoms with van der Waals surface area (Å²) in [6.07, 6.45) is 2.13. The van der Waals surface area contributed by atoms with E-state index >= 15 is 0 Å². The Hall–Kier alpha value is -3.28. The topological polar surface area (TPSA) is 75.8 Å². The SMILES string of the molecule is CC(=O)/C=C(\C)N1N=C(c2ccccc2)C[C@@H]1c1cccc([N+](=O)[O-])c1. The minimum Gasteiger partial charge on any atom is -0.295 e. The van der Waals surface area contributed by atoms with E-state index < -0.39 is 4.92 Å². The zero-order valence-electron chi connectivity index (χ0n) is 14.6. The maximum atomic E-state index is 11.5. The maximum Gasteiger partial charge on any atom is 0.269 e. The number of carbonyl (C=O) groups is 1. The first kappa shape index (κ1) is 17.5. The molecule has 3 rings (SSSR count). The van der Waals surface area contributed by atoms with E-state index in [1.165, 1.54) is 19.1 Å². The Kier molecular flexibility index (Phi) is 4.93. The van der Waals surface area contributed by atoms with Crippen LogP contribution in [0.25, 0.3) is 0 Å². The molecule has 0 saturated heterocycles. The summed E-state index contributed by atoms with van der Waals surface area (Å²) in [7, 11) is 0. The predicted octanol–water partition coefficient (Wildman–Crippen LogP) is 4.24. The van der Waals surface area contributed by atoms with Gasteiger partial charge in [-0.25, -0.2) is 0 Å². The number of nitro benzene ring substituents is 1. The molecule has 0 aromatic heterocycles. The zero-order chi connectivity index (χ0) is 18.7.